The van der Waals surface area contributed by atoms with Gasteiger partial charge in [-0.2, -0.15) is 0 Å². The Labute approximate surface area is 174 Å². The van der Waals surface area contributed by atoms with Gasteiger partial charge in [-0.3, -0.25) is 14.4 Å². The van der Waals surface area contributed by atoms with Crippen molar-refractivity contribution < 1.29 is 24.6 Å². The number of anilines is 1. The molecule has 1 aliphatic rings. The monoisotopic (exact) mass is 408 g/mol. The van der Waals surface area contributed by atoms with Crippen LogP contribution in [0.5, 0.6) is 0 Å². The molecule has 1 amide bonds. The molecule has 2 aromatic carbocycles. The van der Waals surface area contributed by atoms with Crippen LogP contribution in [0.1, 0.15) is 30.0 Å². The maximum absolute atomic E-state index is 12.9. The summed E-state index contributed by atoms with van der Waals surface area (Å²) in [4.78, 5) is 39.8. The fourth-order valence-electron chi connectivity index (χ4n) is 3.56. The van der Waals surface area contributed by atoms with E-state index in [-0.39, 0.29) is 30.7 Å². The van der Waals surface area contributed by atoms with E-state index in [2.05, 4.69) is 0 Å². The number of ketones is 1. The van der Waals surface area contributed by atoms with Gasteiger partial charge in [0.15, 0.2) is 0 Å². The molecule has 0 saturated carbocycles. The molecular weight excluding hydrogens is 384 g/mol. The number of likely N-dealkylation sites (tertiary alicyclic amines) is 1. The second kappa shape index (κ2) is 8.82. The van der Waals surface area contributed by atoms with Gasteiger partial charge in [0, 0.05) is 38.3 Å². The van der Waals surface area contributed by atoms with Gasteiger partial charge in [0.25, 0.3) is 11.7 Å². The summed E-state index contributed by atoms with van der Waals surface area (Å²) in [7, 11) is 3.81. The van der Waals surface area contributed by atoms with Crippen LogP contribution in [0.4, 0.5) is 5.69 Å². The predicted molar refractivity (Wildman–Crippen MR) is 113 cm³/mol. The highest BCUT2D eigenvalue weighted by Gasteiger charge is 2.45. The van der Waals surface area contributed by atoms with Crippen molar-refractivity contribution in [3.8, 4) is 0 Å². The van der Waals surface area contributed by atoms with Crippen LogP contribution in [0.3, 0.4) is 0 Å². The van der Waals surface area contributed by atoms with Gasteiger partial charge in [-0.05, 0) is 24.1 Å². The molecule has 1 saturated heterocycles. The average Bonchev–Trinajstić information content (AvgIpc) is 2.98. The van der Waals surface area contributed by atoms with Crippen LogP contribution in [-0.4, -0.2) is 53.4 Å². The van der Waals surface area contributed by atoms with Crippen LogP contribution in [0.25, 0.3) is 5.76 Å². The number of nitrogens with zero attached hydrogens (tertiary/aromatic N) is 2. The molecule has 7 nitrogen and oxygen atoms in total. The molecular formula is C23H24N2O5. The molecule has 0 unspecified atom stereocenters. The number of aliphatic hydroxyl groups is 1. The Hall–Kier alpha value is -3.61. The Bertz CT molecular complexity index is 980. The van der Waals surface area contributed by atoms with Gasteiger partial charge in [0.2, 0.25) is 0 Å². The first-order valence-electron chi connectivity index (χ1n) is 9.64. The van der Waals surface area contributed by atoms with Crippen LogP contribution in [0.2, 0.25) is 0 Å². The van der Waals surface area contributed by atoms with E-state index in [1.807, 2.05) is 43.3 Å². The predicted octanol–water partition coefficient (Wildman–Crippen LogP) is 3.04. The zero-order chi connectivity index (χ0) is 21.8. The lowest BCUT2D eigenvalue weighted by molar-refractivity contribution is -0.140. The summed E-state index contributed by atoms with van der Waals surface area (Å²) in [6.45, 7) is 0.0997. The van der Waals surface area contributed by atoms with E-state index < -0.39 is 23.7 Å². The van der Waals surface area contributed by atoms with Crippen LogP contribution >= 0.6 is 0 Å². The molecule has 2 aromatic rings. The lowest BCUT2D eigenvalue weighted by Gasteiger charge is -2.25. The quantitative estimate of drug-likeness (QED) is 0.415. The Morgan fingerprint density at radius 3 is 2.20 bits per heavy atom. The second-order valence-corrected chi connectivity index (χ2v) is 7.34. The van der Waals surface area contributed by atoms with E-state index in [9.17, 15) is 19.5 Å². The summed E-state index contributed by atoms with van der Waals surface area (Å²) in [6, 6.07) is 15.2. The number of aliphatic hydroxyl groups excluding tert-OH is 1. The number of carbonyl (C=O) groups excluding carboxylic acids is 2. The van der Waals surface area contributed by atoms with Crippen molar-refractivity contribution >= 4 is 29.1 Å². The van der Waals surface area contributed by atoms with E-state index in [1.165, 1.54) is 4.90 Å². The first kappa shape index (κ1) is 21.1. The van der Waals surface area contributed by atoms with Gasteiger partial charge in [-0.15, -0.1) is 0 Å². The van der Waals surface area contributed by atoms with Gasteiger partial charge in [0.05, 0.1) is 11.6 Å². The van der Waals surface area contributed by atoms with Crippen molar-refractivity contribution in [3.05, 3.63) is 71.3 Å². The van der Waals surface area contributed by atoms with Gasteiger partial charge >= 0.3 is 5.97 Å². The molecule has 7 heteroatoms. The zero-order valence-corrected chi connectivity index (χ0v) is 16.9. The van der Waals surface area contributed by atoms with Crippen LogP contribution < -0.4 is 4.90 Å². The smallest absolute Gasteiger partial charge is 0.303 e. The van der Waals surface area contributed by atoms with Crippen molar-refractivity contribution in [2.45, 2.75) is 18.9 Å². The highest BCUT2D eigenvalue weighted by atomic mass is 16.4. The molecule has 0 bridgehead atoms. The number of amides is 1. The number of hydrogen-bond acceptors (Lipinski definition) is 5. The fourth-order valence-corrected chi connectivity index (χ4v) is 3.56. The molecule has 30 heavy (non-hydrogen) atoms. The third-order valence-corrected chi connectivity index (χ3v) is 5.10. The number of carboxylic acids is 1. The van der Waals surface area contributed by atoms with Gasteiger partial charge < -0.3 is 20.0 Å². The first-order valence-corrected chi connectivity index (χ1v) is 9.64. The molecule has 1 atom stereocenters. The van der Waals surface area contributed by atoms with E-state index in [1.54, 1.807) is 30.3 Å². The van der Waals surface area contributed by atoms with Crippen molar-refractivity contribution in [3.63, 3.8) is 0 Å². The van der Waals surface area contributed by atoms with Gasteiger partial charge in [0.1, 0.15) is 5.76 Å². The van der Waals surface area contributed by atoms with Gasteiger partial charge in [-0.25, -0.2) is 0 Å². The molecule has 0 aromatic heterocycles. The first-order chi connectivity index (χ1) is 14.3. The number of carboxylic acid groups (broad SMARTS) is 1. The minimum absolute atomic E-state index is 0.0131. The molecule has 1 fully saturated rings. The Morgan fingerprint density at radius 2 is 1.63 bits per heavy atom. The van der Waals surface area contributed by atoms with Crippen LogP contribution in [-0.2, 0) is 14.4 Å². The highest BCUT2D eigenvalue weighted by molar-refractivity contribution is 6.46. The summed E-state index contributed by atoms with van der Waals surface area (Å²) in [5.41, 5.74) is 2.08. The van der Waals surface area contributed by atoms with E-state index in [0.717, 1.165) is 5.69 Å². The summed E-state index contributed by atoms with van der Waals surface area (Å²) in [5, 5.41) is 19.8. The maximum atomic E-state index is 12.9. The molecule has 2 N–H and O–H groups in total. The SMILES string of the molecule is CN(C)c1ccc([C@@H]2C(=C(O)c3ccccc3)C(=O)C(=O)N2CCCC(=O)O)cc1. The highest BCUT2D eigenvalue weighted by Crippen LogP contribution is 2.39. The molecule has 0 spiro atoms. The van der Waals surface area contributed by atoms with Crippen molar-refractivity contribution in [2.75, 3.05) is 25.5 Å². The Morgan fingerprint density at radius 1 is 1.00 bits per heavy atom. The normalized spacial score (nSPS) is 17.9. The summed E-state index contributed by atoms with van der Waals surface area (Å²) in [5.74, 6) is -2.72. The van der Waals surface area contributed by atoms with Crippen molar-refractivity contribution in [2.24, 2.45) is 0 Å². The minimum Gasteiger partial charge on any atom is -0.507 e. The lowest BCUT2D eigenvalue weighted by atomic mass is 9.95. The number of aliphatic carboxylic acids is 1. The fraction of sp³-hybridized carbons (Fsp3) is 0.261. The van der Waals surface area contributed by atoms with Crippen LogP contribution in [0, 0.1) is 0 Å². The third-order valence-electron chi connectivity index (χ3n) is 5.10. The summed E-state index contributed by atoms with van der Waals surface area (Å²) in [6.07, 6.45) is 0.0913. The van der Waals surface area contributed by atoms with E-state index in [0.29, 0.717) is 11.1 Å². The second-order valence-electron chi connectivity index (χ2n) is 7.34. The molecule has 1 heterocycles. The summed E-state index contributed by atoms with van der Waals surface area (Å²) < 4.78 is 0. The molecule has 0 radical (unpaired) electrons. The van der Waals surface area contributed by atoms with Crippen LogP contribution in [0.15, 0.2) is 60.2 Å². The average molecular weight is 408 g/mol. The minimum atomic E-state index is -0.970. The van der Waals surface area contributed by atoms with Gasteiger partial charge in [-0.1, -0.05) is 42.5 Å². The number of carbonyl (C=O) groups is 3. The molecule has 1 aliphatic heterocycles. The zero-order valence-electron chi connectivity index (χ0n) is 16.9. The number of hydrogen-bond donors (Lipinski definition) is 2. The third kappa shape index (κ3) is 4.20. The lowest BCUT2D eigenvalue weighted by Crippen LogP contribution is -2.31. The number of rotatable bonds is 7. The topological polar surface area (TPSA) is 98.2 Å². The molecule has 0 aliphatic carbocycles. The number of benzene rings is 2. The maximum Gasteiger partial charge on any atom is 0.303 e. The van der Waals surface area contributed by atoms with E-state index in [4.69, 9.17) is 5.11 Å². The van der Waals surface area contributed by atoms with Crippen molar-refractivity contribution in [1.29, 1.82) is 0 Å². The largest absolute Gasteiger partial charge is 0.507 e. The van der Waals surface area contributed by atoms with E-state index >= 15 is 0 Å². The van der Waals surface area contributed by atoms with Crippen molar-refractivity contribution in [1.82, 2.24) is 4.90 Å². The number of Topliss-reactive ketones (excluding diaryl/α,β-unsaturated/α-hetero) is 1. The molecule has 3 rings (SSSR count). The summed E-state index contributed by atoms with van der Waals surface area (Å²) >= 11 is 0. The Kier molecular flexibility index (Phi) is 6.20. The standard InChI is InChI=1S/C23H24N2O5/c1-24(2)17-12-10-15(11-13-17)20-19(21(28)16-7-4-3-5-8-16)22(29)23(30)25(20)14-6-9-18(26)27/h3-5,7-8,10-13,20,28H,6,9,14H2,1-2H3,(H,26,27)/t20-/m1/s1. The Balaban J connectivity index is 2.08. The molecule has 156 valence electrons.